The van der Waals surface area contributed by atoms with Gasteiger partial charge in [-0.2, -0.15) is 4.98 Å². The lowest BCUT2D eigenvalue weighted by molar-refractivity contribution is 0.0273. The first-order valence-electron chi connectivity index (χ1n) is 11.7. The van der Waals surface area contributed by atoms with Crippen molar-refractivity contribution in [3.63, 3.8) is 0 Å². The smallest absolute Gasteiger partial charge is 0.296 e. The van der Waals surface area contributed by atoms with Crippen LogP contribution in [0.2, 0.25) is 5.02 Å². The Hall–Kier alpha value is -3.17. The molecule has 2 aromatic heterocycles. The fourth-order valence-corrected chi connectivity index (χ4v) is 4.83. The van der Waals surface area contributed by atoms with Gasteiger partial charge in [-0.15, -0.1) is 0 Å². The molecule has 0 aliphatic carbocycles. The maximum Gasteiger partial charge on any atom is 0.296 e. The molecule has 3 N–H and O–H groups in total. The van der Waals surface area contributed by atoms with Crippen LogP contribution >= 0.6 is 11.6 Å². The van der Waals surface area contributed by atoms with Gasteiger partial charge in [-0.25, -0.2) is 4.98 Å². The first-order chi connectivity index (χ1) is 17.2. The van der Waals surface area contributed by atoms with Crippen LogP contribution in [-0.4, -0.2) is 59.6 Å². The second kappa shape index (κ2) is 9.47. The molecule has 4 heterocycles. The van der Waals surface area contributed by atoms with Crippen LogP contribution in [-0.2, 0) is 9.47 Å². The van der Waals surface area contributed by atoms with Gasteiger partial charge >= 0.3 is 0 Å². The minimum Gasteiger partial charge on any atom is -0.492 e. The van der Waals surface area contributed by atoms with Crippen molar-refractivity contribution >= 4 is 22.8 Å². The van der Waals surface area contributed by atoms with Crippen LogP contribution in [0.25, 0.3) is 33.5 Å². The molecule has 35 heavy (non-hydrogen) atoms. The Kier molecular flexibility index (Phi) is 6.03. The molecule has 0 amide bonds. The number of benzene rings is 2. The van der Waals surface area contributed by atoms with E-state index < -0.39 is 0 Å². The Labute approximate surface area is 207 Å². The van der Waals surface area contributed by atoms with Crippen LogP contribution in [0.15, 0.2) is 54.6 Å². The van der Waals surface area contributed by atoms with E-state index in [4.69, 9.17) is 41.3 Å². The van der Waals surface area contributed by atoms with E-state index in [2.05, 4.69) is 9.97 Å². The molecule has 9 heteroatoms. The highest BCUT2D eigenvalue weighted by molar-refractivity contribution is 6.33. The average Bonchev–Trinajstić information content (AvgIpc) is 3.60. The van der Waals surface area contributed by atoms with E-state index >= 15 is 0 Å². The number of aromatic nitrogens is 3. The van der Waals surface area contributed by atoms with E-state index in [1.165, 1.54) is 0 Å². The standard InChI is InChI=1S/C26H25ClN4O4/c27-19-13-20-25(31-26(29-20)35-22-14-34-21-9-11-33-24(21)22)30-23(19)17-3-1-15(2-4-17)16-5-7-18(8-6-16)32-12-10-28/h1-8,13,21-22,24H,9-12,14,28H2,(H,29,30,31)/t21-,22-,24+/m1/s1. The topological polar surface area (TPSA) is 105 Å². The number of nitrogens with one attached hydrogen (secondary N) is 1. The van der Waals surface area contributed by atoms with Gasteiger partial charge in [-0.05, 0) is 35.7 Å². The van der Waals surface area contributed by atoms with Crippen LogP contribution in [0.3, 0.4) is 0 Å². The molecule has 8 nitrogen and oxygen atoms in total. The molecule has 2 aromatic carbocycles. The number of pyridine rings is 1. The van der Waals surface area contributed by atoms with Gasteiger partial charge in [-0.1, -0.05) is 48.0 Å². The molecule has 0 spiro atoms. The summed E-state index contributed by atoms with van der Waals surface area (Å²) >= 11 is 6.59. The fourth-order valence-electron chi connectivity index (χ4n) is 4.57. The Morgan fingerprint density at radius 2 is 1.74 bits per heavy atom. The van der Waals surface area contributed by atoms with Crippen molar-refractivity contribution in [2.45, 2.75) is 24.7 Å². The van der Waals surface area contributed by atoms with E-state index in [1.54, 1.807) is 0 Å². The normalized spacial score (nSPS) is 21.4. The Morgan fingerprint density at radius 3 is 2.51 bits per heavy atom. The number of halogens is 1. The minimum absolute atomic E-state index is 0.0523. The van der Waals surface area contributed by atoms with E-state index in [1.807, 2.05) is 54.6 Å². The lowest BCUT2D eigenvalue weighted by atomic mass is 10.0. The average molecular weight is 493 g/mol. The molecule has 180 valence electrons. The van der Waals surface area contributed by atoms with Gasteiger partial charge in [-0.3, -0.25) is 0 Å². The third-order valence-corrected chi connectivity index (χ3v) is 6.61. The predicted molar refractivity (Wildman–Crippen MR) is 133 cm³/mol. The second-order valence-electron chi connectivity index (χ2n) is 8.62. The van der Waals surface area contributed by atoms with Crippen LogP contribution < -0.4 is 15.2 Å². The molecular formula is C26H25ClN4O4. The fraction of sp³-hybridized carbons (Fsp3) is 0.308. The number of imidazole rings is 1. The zero-order valence-corrected chi connectivity index (χ0v) is 19.7. The van der Waals surface area contributed by atoms with Gasteiger partial charge in [0, 0.05) is 18.7 Å². The lowest BCUT2D eigenvalue weighted by Crippen LogP contribution is -2.32. The molecule has 2 aliphatic rings. The Morgan fingerprint density at radius 1 is 1.00 bits per heavy atom. The van der Waals surface area contributed by atoms with Gasteiger partial charge in [0.25, 0.3) is 6.01 Å². The molecule has 2 saturated heterocycles. The number of rotatable bonds is 7. The molecule has 2 fully saturated rings. The maximum absolute atomic E-state index is 6.59. The van der Waals surface area contributed by atoms with Gasteiger partial charge in [0.2, 0.25) is 0 Å². The van der Waals surface area contributed by atoms with Gasteiger partial charge in [0.05, 0.1) is 28.9 Å². The van der Waals surface area contributed by atoms with Crippen molar-refractivity contribution in [1.82, 2.24) is 15.0 Å². The molecule has 0 radical (unpaired) electrons. The number of hydrogen-bond acceptors (Lipinski definition) is 7. The predicted octanol–water partition coefficient (Wildman–Crippen LogP) is 4.22. The van der Waals surface area contributed by atoms with Crippen molar-refractivity contribution in [3.8, 4) is 34.1 Å². The minimum atomic E-state index is -0.188. The van der Waals surface area contributed by atoms with Crippen molar-refractivity contribution in [1.29, 1.82) is 0 Å². The summed E-state index contributed by atoms with van der Waals surface area (Å²) in [5.74, 6) is 0.804. The van der Waals surface area contributed by atoms with E-state index in [-0.39, 0.29) is 18.3 Å². The van der Waals surface area contributed by atoms with Crippen LogP contribution in [0.1, 0.15) is 6.42 Å². The van der Waals surface area contributed by atoms with E-state index in [0.717, 1.165) is 28.9 Å². The molecule has 2 aliphatic heterocycles. The second-order valence-corrected chi connectivity index (χ2v) is 9.03. The summed E-state index contributed by atoms with van der Waals surface area (Å²) in [5, 5.41) is 0.533. The summed E-state index contributed by atoms with van der Waals surface area (Å²) in [5.41, 5.74) is 10.5. The number of ether oxygens (including phenoxy) is 4. The first kappa shape index (κ1) is 22.3. The highest BCUT2D eigenvalue weighted by atomic mass is 35.5. The summed E-state index contributed by atoms with van der Waals surface area (Å²) in [6.07, 6.45) is 0.766. The zero-order valence-electron chi connectivity index (χ0n) is 18.9. The number of H-pyrrole nitrogens is 1. The summed E-state index contributed by atoms with van der Waals surface area (Å²) in [7, 11) is 0. The monoisotopic (exact) mass is 492 g/mol. The molecule has 4 aromatic rings. The number of nitrogens with two attached hydrogens (primary N) is 1. The van der Waals surface area contributed by atoms with Gasteiger partial charge in [0.15, 0.2) is 11.8 Å². The van der Waals surface area contributed by atoms with Crippen molar-refractivity contribution in [3.05, 3.63) is 59.6 Å². The third-order valence-electron chi connectivity index (χ3n) is 6.32. The molecule has 0 unspecified atom stereocenters. The lowest BCUT2D eigenvalue weighted by Gasteiger charge is -2.15. The number of hydrogen-bond donors (Lipinski definition) is 2. The summed E-state index contributed by atoms with van der Waals surface area (Å²) in [4.78, 5) is 12.4. The van der Waals surface area contributed by atoms with Gasteiger partial charge < -0.3 is 29.7 Å². The summed E-state index contributed by atoms with van der Waals surface area (Å²) in [6, 6.07) is 18.3. The summed E-state index contributed by atoms with van der Waals surface area (Å²) in [6.45, 7) is 2.18. The van der Waals surface area contributed by atoms with E-state index in [9.17, 15) is 0 Å². The third kappa shape index (κ3) is 4.46. The van der Waals surface area contributed by atoms with Crippen molar-refractivity contribution < 1.29 is 18.9 Å². The molecule has 0 bridgehead atoms. The highest BCUT2D eigenvalue weighted by Gasteiger charge is 2.43. The van der Waals surface area contributed by atoms with Crippen LogP contribution in [0.4, 0.5) is 0 Å². The zero-order chi connectivity index (χ0) is 23.8. The molecular weight excluding hydrogens is 468 g/mol. The van der Waals surface area contributed by atoms with Crippen molar-refractivity contribution in [2.24, 2.45) is 5.73 Å². The SMILES string of the molecule is NCCOc1ccc(-c2ccc(-c3nc4nc(O[C@@H]5CO[C@@H]6CCO[C@@H]65)[nH]c4cc3Cl)cc2)cc1. The number of aromatic amines is 1. The first-order valence-corrected chi connectivity index (χ1v) is 12.1. The quantitative estimate of drug-likeness (QED) is 0.398. The molecule has 3 atom stereocenters. The van der Waals surface area contributed by atoms with Crippen molar-refractivity contribution in [2.75, 3.05) is 26.4 Å². The maximum atomic E-state index is 6.59. The Balaban J connectivity index is 1.21. The number of fused-ring (bicyclic) bond motifs is 2. The van der Waals surface area contributed by atoms with E-state index in [0.29, 0.717) is 54.3 Å². The van der Waals surface area contributed by atoms with Gasteiger partial charge in [0.1, 0.15) is 18.5 Å². The summed E-state index contributed by atoms with van der Waals surface area (Å²) < 4.78 is 23.1. The molecule has 0 saturated carbocycles. The Bertz CT molecular complexity index is 1330. The van der Waals surface area contributed by atoms with Crippen LogP contribution in [0, 0.1) is 0 Å². The van der Waals surface area contributed by atoms with Crippen LogP contribution in [0.5, 0.6) is 11.8 Å². The number of nitrogens with zero attached hydrogens (tertiary/aromatic N) is 2. The molecule has 6 rings (SSSR count). The largest absolute Gasteiger partial charge is 0.492 e. The highest BCUT2D eigenvalue weighted by Crippen LogP contribution is 2.33.